The zero-order valence-corrected chi connectivity index (χ0v) is 13.3. The smallest absolute Gasteiger partial charge is 0.213 e. The molecule has 0 aliphatic rings. The monoisotopic (exact) mass is 324 g/mol. The van der Waals surface area contributed by atoms with Gasteiger partial charge in [0.15, 0.2) is 0 Å². The highest BCUT2D eigenvalue weighted by Gasteiger charge is 2.15. The van der Waals surface area contributed by atoms with Crippen molar-refractivity contribution in [2.24, 2.45) is 0 Å². The second kappa shape index (κ2) is 5.98. The molecule has 5 nitrogen and oxygen atoms in total. The molecular formula is C17H16N4OS. The summed E-state index contributed by atoms with van der Waals surface area (Å²) in [7, 11) is 0. The second-order valence-corrected chi connectivity index (χ2v) is 6.23. The summed E-state index contributed by atoms with van der Waals surface area (Å²) in [5.41, 5.74) is 1.08. The maximum atomic E-state index is 9.22. The molecule has 6 heteroatoms. The lowest BCUT2D eigenvalue weighted by molar-refractivity contribution is 0.291. The molecule has 0 spiro atoms. The van der Waals surface area contributed by atoms with Crippen LogP contribution in [0.2, 0.25) is 0 Å². The maximum absolute atomic E-state index is 9.22. The molecule has 0 aliphatic heterocycles. The summed E-state index contributed by atoms with van der Waals surface area (Å²) in [6.07, 6.45) is 4.28. The maximum Gasteiger partial charge on any atom is 0.213 e. The molecule has 4 rings (SSSR count). The first-order valence-corrected chi connectivity index (χ1v) is 8.34. The minimum atomic E-state index is 0.159. The number of aliphatic hydroxyl groups is 1. The van der Waals surface area contributed by atoms with Crippen LogP contribution in [0.15, 0.2) is 54.9 Å². The summed E-state index contributed by atoms with van der Waals surface area (Å²) in [4.78, 5) is 7.30. The number of anilines is 2. The zero-order chi connectivity index (χ0) is 15.6. The molecule has 116 valence electrons. The van der Waals surface area contributed by atoms with Gasteiger partial charge in [-0.1, -0.05) is 41.7 Å². The van der Waals surface area contributed by atoms with Gasteiger partial charge in [-0.05, 0) is 29.3 Å². The van der Waals surface area contributed by atoms with Crippen LogP contribution in [0.1, 0.15) is 6.42 Å². The molecule has 23 heavy (non-hydrogen) atoms. The third-order valence-electron chi connectivity index (χ3n) is 3.78. The average molecular weight is 324 g/mol. The summed E-state index contributed by atoms with van der Waals surface area (Å²) >= 11 is 1.55. The molecule has 4 aromatic rings. The Labute approximate surface area is 137 Å². The van der Waals surface area contributed by atoms with Crippen LogP contribution in [0.3, 0.4) is 0 Å². The van der Waals surface area contributed by atoms with E-state index >= 15 is 0 Å². The Morgan fingerprint density at radius 1 is 1.13 bits per heavy atom. The van der Waals surface area contributed by atoms with Crippen molar-refractivity contribution in [2.45, 2.75) is 6.42 Å². The van der Waals surface area contributed by atoms with E-state index in [2.05, 4.69) is 45.3 Å². The summed E-state index contributed by atoms with van der Waals surface area (Å²) in [6, 6.07) is 14.7. The lowest BCUT2D eigenvalue weighted by Gasteiger charge is -2.21. The van der Waals surface area contributed by atoms with Crippen molar-refractivity contribution in [3.8, 4) is 0 Å². The van der Waals surface area contributed by atoms with Gasteiger partial charge in [-0.15, -0.1) is 5.10 Å². The molecule has 1 N–H and O–H groups in total. The molecular weight excluding hydrogens is 308 g/mol. The molecule has 2 aromatic carbocycles. The van der Waals surface area contributed by atoms with Gasteiger partial charge in [-0.2, -0.15) is 0 Å². The normalized spacial score (nSPS) is 11.3. The minimum absolute atomic E-state index is 0.159. The molecule has 0 saturated heterocycles. The predicted octanol–water partition coefficient (Wildman–Crippen LogP) is 3.46. The Balaban J connectivity index is 1.78. The lowest BCUT2D eigenvalue weighted by atomic mass is 10.1. The van der Waals surface area contributed by atoms with Gasteiger partial charge in [0.05, 0.1) is 6.20 Å². The van der Waals surface area contributed by atoms with Crippen LogP contribution < -0.4 is 4.90 Å². The Morgan fingerprint density at radius 2 is 2.00 bits per heavy atom. The van der Waals surface area contributed by atoms with Gasteiger partial charge in [0.1, 0.15) is 0 Å². The Kier molecular flexibility index (Phi) is 3.69. The number of aromatic nitrogens is 3. The summed E-state index contributed by atoms with van der Waals surface area (Å²) in [6.45, 7) is 0.873. The minimum Gasteiger partial charge on any atom is -0.396 e. The highest BCUT2D eigenvalue weighted by Crippen LogP contribution is 2.31. The molecule has 2 aromatic heterocycles. The molecule has 0 unspecified atom stereocenters. The van der Waals surface area contributed by atoms with E-state index in [9.17, 15) is 5.11 Å². The van der Waals surface area contributed by atoms with Gasteiger partial charge >= 0.3 is 0 Å². The van der Waals surface area contributed by atoms with Gasteiger partial charge in [-0.3, -0.25) is 0 Å². The van der Waals surface area contributed by atoms with Gasteiger partial charge in [-0.25, -0.2) is 9.50 Å². The van der Waals surface area contributed by atoms with Crippen LogP contribution >= 0.6 is 11.3 Å². The SMILES string of the molecule is OCCCN(c1ccc2ccccc2c1)c1nn2ccnc2s1. The van der Waals surface area contributed by atoms with Crippen molar-refractivity contribution in [2.75, 3.05) is 18.1 Å². The number of hydrogen-bond donors (Lipinski definition) is 1. The van der Waals surface area contributed by atoms with E-state index in [0.717, 1.165) is 15.8 Å². The third-order valence-corrected chi connectivity index (χ3v) is 4.74. The second-order valence-electron chi connectivity index (χ2n) is 5.30. The number of aliphatic hydroxyl groups excluding tert-OH is 1. The number of benzene rings is 2. The first kappa shape index (κ1) is 14.2. The first-order valence-electron chi connectivity index (χ1n) is 7.52. The Morgan fingerprint density at radius 3 is 2.83 bits per heavy atom. The third kappa shape index (κ3) is 2.67. The predicted molar refractivity (Wildman–Crippen MR) is 93.5 cm³/mol. The fraction of sp³-hybridized carbons (Fsp3) is 0.176. The van der Waals surface area contributed by atoms with Crippen molar-refractivity contribution in [3.63, 3.8) is 0 Å². The van der Waals surface area contributed by atoms with Crippen LogP contribution in [-0.4, -0.2) is 32.9 Å². The summed E-state index contributed by atoms with van der Waals surface area (Å²) in [5.74, 6) is 0. The average Bonchev–Trinajstić information content (AvgIpc) is 3.17. The topological polar surface area (TPSA) is 53.7 Å². The largest absolute Gasteiger partial charge is 0.396 e. The van der Waals surface area contributed by atoms with Crippen molar-refractivity contribution in [3.05, 3.63) is 54.9 Å². The van der Waals surface area contributed by atoms with Gasteiger partial charge < -0.3 is 10.0 Å². The quantitative estimate of drug-likeness (QED) is 0.611. The van der Waals surface area contributed by atoms with E-state index in [-0.39, 0.29) is 6.61 Å². The lowest BCUT2D eigenvalue weighted by Crippen LogP contribution is -2.19. The van der Waals surface area contributed by atoms with Crippen molar-refractivity contribution >= 4 is 37.9 Å². The summed E-state index contributed by atoms with van der Waals surface area (Å²) in [5, 5.41) is 17.1. The van der Waals surface area contributed by atoms with Crippen LogP contribution in [-0.2, 0) is 0 Å². The molecule has 0 saturated carbocycles. The fourth-order valence-corrected chi connectivity index (χ4v) is 3.55. The zero-order valence-electron chi connectivity index (χ0n) is 12.5. The van der Waals surface area contributed by atoms with E-state index in [4.69, 9.17) is 0 Å². The molecule has 0 amide bonds. The number of fused-ring (bicyclic) bond motifs is 2. The van der Waals surface area contributed by atoms with Gasteiger partial charge in [0.25, 0.3) is 0 Å². The molecule has 0 radical (unpaired) electrons. The standard InChI is InChI=1S/C17H16N4OS/c22-11-3-9-20(17-19-21-10-8-18-16(21)23-17)15-7-6-13-4-1-2-5-14(13)12-15/h1-2,4-8,10,12,22H,3,9,11H2. The molecule has 0 bridgehead atoms. The van der Waals surface area contributed by atoms with Crippen LogP contribution in [0.5, 0.6) is 0 Å². The summed E-state index contributed by atoms with van der Waals surface area (Å²) < 4.78 is 1.78. The fourth-order valence-electron chi connectivity index (χ4n) is 2.64. The van der Waals surface area contributed by atoms with Gasteiger partial charge in [0.2, 0.25) is 10.1 Å². The molecule has 2 heterocycles. The van der Waals surface area contributed by atoms with Gasteiger partial charge in [0, 0.05) is 25.0 Å². The van der Waals surface area contributed by atoms with Crippen LogP contribution in [0.4, 0.5) is 10.8 Å². The van der Waals surface area contributed by atoms with E-state index < -0.39 is 0 Å². The number of hydrogen-bond acceptors (Lipinski definition) is 5. The molecule has 0 atom stereocenters. The van der Waals surface area contributed by atoms with E-state index in [1.54, 1.807) is 22.0 Å². The number of rotatable bonds is 5. The Hall–Kier alpha value is -2.44. The van der Waals surface area contributed by atoms with Crippen molar-refractivity contribution < 1.29 is 5.11 Å². The van der Waals surface area contributed by atoms with E-state index in [0.29, 0.717) is 13.0 Å². The van der Waals surface area contributed by atoms with Crippen molar-refractivity contribution in [1.82, 2.24) is 14.6 Å². The highest BCUT2D eigenvalue weighted by atomic mass is 32.1. The Bertz CT molecular complexity index is 917. The molecule has 0 fully saturated rings. The number of nitrogens with zero attached hydrogens (tertiary/aromatic N) is 4. The van der Waals surface area contributed by atoms with Crippen molar-refractivity contribution in [1.29, 1.82) is 0 Å². The highest BCUT2D eigenvalue weighted by molar-refractivity contribution is 7.20. The van der Waals surface area contributed by atoms with Crippen LogP contribution in [0.25, 0.3) is 15.7 Å². The molecule has 0 aliphatic carbocycles. The van der Waals surface area contributed by atoms with Crippen LogP contribution in [0, 0.1) is 0 Å². The number of imidazole rings is 1. The van der Waals surface area contributed by atoms with E-state index in [1.165, 1.54) is 10.8 Å². The van der Waals surface area contributed by atoms with E-state index in [1.807, 2.05) is 18.3 Å². The first-order chi connectivity index (χ1) is 11.3.